The minimum atomic E-state index is -0.102. The summed E-state index contributed by atoms with van der Waals surface area (Å²) in [6, 6.07) is 31.9. The van der Waals surface area contributed by atoms with Crippen LogP contribution in [0.3, 0.4) is 0 Å². The van der Waals surface area contributed by atoms with E-state index < -0.39 is 0 Å². The molecule has 150 valence electrons. The van der Waals surface area contributed by atoms with Crippen LogP contribution in [0, 0.1) is 0 Å². The van der Waals surface area contributed by atoms with Gasteiger partial charge in [-0.15, -0.1) is 0 Å². The Kier molecular flexibility index (Phi) is 6.06. The zero-order valence-corrected chi connectivity index (χ0v) is 16.8. The standard InChI is InChI=1S/C26H24N2O2/c1-30-22-16-14-21(15-17-22)26(20-9-3-2-4-10-20)27-18-25(29)28-24-13-7-11-19-8-5-6-12-23(19)24/h2-17,26-27H,18H2,1H3,(H,28,29)/t26-/m0/s1. The van der Waals surface area contributed by atoms with Crippen molar-refractivity contribution < 1.29 is 9.53 Å². The number of amides is 1. The van der Waals surface area contributed by atoms with Crippen molar-refractivity contribution in [3.05, 3.63) is 108 Å². The lowest BCUT2D eigenvalue weighted by molar-refractivity contribution is -0.115. The zero-order chi connectivity index (χ0) is 20.8. The largest absolute Gasteiger partial charge is 0.497 e. The van der Waals surface area contributed by atoms with E-state index in [4.69, 9.17) is 4.74 Å². The maximum atomic E-state index is 12.7. The van der Waals surface area contributed by atoms with Gasteiger partial charge in [-0.25, -0.2) is 0 Å². The van der Waals surface area contributed by atoms with Crippen molar-refractivity contribution in [2.75, 3.05) is 19.0 Å². The molecule has 0 aromatic heterocycles. The van der Waals surface area contributed by atoms with E-state index in [9.17, 15) is 4.79 Å². The lowest BCUT2D eigenvalue weighted by Gasteiger charge is -2.20. The zero-order valence-electron chi connectivity index (χ0n) is 16.8. The number of rotatable bonds is 7. The Morgan fingerprint density at radius 2 is 1.47 bits per heavy atom. The van der Waals surface area contributed by atoms with Gasteiger partial charge < -0.3 is 10.1 Å². The first-order chi connectivity index (χ1) is 14.7. The van der Waals surface area contributed by atoms with E-state index in [1.54, 1.807) is 7.11 Å². The number of hydrogen-bond donors (Lipinski definition) is 2. The van der Waals surface area contributed by atoms with E-state index in [0.29, 0.717) is 0 Å². The molecule has 1 atom stereocenters. The summed E-state index contributed by atoms with van der Waals surface area (Å²) in [6.45, 7) is 0.189. The van der Waals surface area contributed by atoms with E-state index in [1.807, 2.05) is 84.9 Å². The third-order valence-corrected chi connectivity index (χ3v) is 5.11. The number of fused-ring (bicyclic) bond motifs is 1. The number of carbonyl (C=O) groups excluding carboxylic acids is 1. The molecule has 0 unspecified atom stereocenters. The van der Waals surface area contributed by atoms with Crippen LogP contribution in [0.2, 0.25) is 0 Å². The first kappa shape index (κ1) is 19.7. The fourth-order valence-electron chi connectivity index (χ4n) is 3.59. The highest BCUT2D eigenvalue weighted by Gasteiger charge is 2.15. The highest BCUT2D eigenvalue weighted by atomic mass is 16.5. The second kappa shape index (κ2) is 9.25. The Labute approximate surface area is 176 Å². The number of ether oxygens (including phenoxy) is 1. The van der Waals surface area contributed by atoms with Gasteiger partial charge in [0.15, 0.2) is 0 Å². The van der Waals surface area contributed by atoms with E-state index in [2.05, 4.69) is 22.8 Å². The summed E-state index contributed by atoms with van der Waals surface area (Å²) in [5, 5.41) is 8.58. The number of hydrogen-bond acceptors (Lipinski definition) is 3. The maximum Gasteiger partial charge on any atom is 0.238 e. The Hall–Kier alpha value is -3.63. The molecule has 4 rings (SSSR count). The molecule has 30 heavy (non-hydrogen) atoms. The molecule has 2 N–H and O–H groups in total. The summed E-state index contributed by atoms with van der Waals surface area (Å²) < 4.78 is 5.27. The number of anilines is 1. The van der Waals surface area contributed by atoms with Gasteiger partial charge in [-0.1, -0.05) is 78.9 Å². The van der Waals surface area contributed by atoms with Gasteiger partial charge in [-0.2, -0.15) is 0 Å². The van der Waals surface area contributed by atoms with Crippen LogP contribution < -0.4 is 15.4 Å². The Morgan fingerprint density at radius 1 is 0.800 bits per heavy atom. The van der Waals surface area contributed by atoms with E-state index in [-0.39, 0.29) is 18.5 Å². The van der Waals surface area contributed by atoms with Crippen LogP contribution in [0.4, 0.5) is 5.69 Å². The fraction of sp³-hybridized carbons (Fsp3) is 0.115. The van der Waals surface area contributed by atoms with E-state index >= 15 is 0 Å². The van der Waals surface area contributed by atoms with Crippen molar-refractivity contribution in [1.29, 1.82) is 0 Å². The molecule has 4 aromatic rings. The number of benzene rings is 4. The van der Waals surface area contributed by atoms with Gasteiger partial charge in [0, 0.05) is 11.1 Å². The summed E-state index contributed by atoms with van der Waals surface area (Å²) in [4.78, 5) is 12.7. The normalized spacial score (nSPS) is 11.8. The van der Waals surface area contributed by atoms with Gasteiger partial charge in [0.25, 0.3) is 0 Å². The van der Waals surface area contributed by atoms with Crippen molar-refractivity contribution >= 4 is 22.4 Å². The molecule has 0 aliphatic heterocycles. The number of nitrogens with one attached hydrogen (secondary N) is 2. The topological polar surface area (TPSA) is 50.4 Å². The molecule has 0 aliphatic rings. The highest BCUT2D eigenvalue weighted by Crippen LogP contribution is 2.25. The van der Waals surface area contributed by atoms with Crippen molar-refractivity contribution in [1.82, 2.24) is 5.32 Å². The van der Waals surface area contributed by atoms with Gasteiger partial charge in [0.2, 0.25) is 5.91 Å². The van der Waals surface area contributed by atoms with Gasteiger partial charge in [-0.3, -0.25) is 10.1 Å². The molecule has 4 nitrogen and oxygen atoms in total. The van der Waals surface area contributed by atoms with Crippen LogP contribution in [-0.4, -0.2) is 19.6 Å². The van der Waals surface area contributed by atoms with Gasteiger partial charge in [-0.05, 0) is 34.7 Å². The minimum Gasteiger partial charge on any atom is -0.497 e. The summed E-state index contributed by atoms with van der Waals surface area (Å²) in [7, 11) is 1.65. The average Bonchev–Trinajstić information content (AvgIpc) is 2.80. The van der Waals surface area contributed by atoms with E-state index in [0.717, 1.165) is 33.3 Å². The Morgan fingerprint density at radius 3 is 2.23 bits per heavy atom. The Bertz CT molecular complexity index is 1120. The predicted molar refractivity (Wildman–Crippen MR) is 122 cm³/mol. The third-order valence-electron chi connectivity index (χ3n) is 5.11. The molecule has 0 aliphatic carbocycles. The highest BCUT2D eigenvalue weighted by molar-refractivity contribution is 6.02. The molecule has 0 radical (unpaired) electrons. The third kappa shape index (κ3) is 4.50. The van der Waals surface area contributed by atoms with Crippen molar-refractivity contribution in [2.24, 2.45) is 0 Å². The molecule has 0 saturated carbocycles. The predicted octanol–water partition coefficient (Wildman–Crippen LogP) is 5.17. The number of carbonyl (C=O) groups is 1. The van der Waals surface area contributed by atoms with Gasteiger partial charge in [0.05, 0.1) is 19.7 Å². The van der Waals surface area contributed by atoms with Crippen LogP contribution in [-0.2, 0) is 4.79 Å². The SMILES string of the molecule is COc1ccc([C@@H](NCC(=O)Nc2cccc3ccccc23)c2ccccc2)cc1. The molecule has 1 amide bonds. The Balaban J connectivity index is 1.51. The second-order valence-corrected chi connectivity index (χ2v) is 7.07. The van der Waals surface area contributed by atoms with Crippen LogP contribution in [0.1, 0.15) is 17.2 Å². The molecule has 0 fully saturated rings. The van der Waals surface area contributed by atoms with Crippen LogP contribution in [0.15, 0.2) is 97.1 Å². The molecule has 4 aromatic carbocycles. The van der Waals surface area contributed by atoms with Crippen molar-refractivity contribution in [3.63, 3.8) is 0 Å². The van der Waals surface area contributed by atoms with Gasteiger partial charge >= 0.3 is 0 Å². The molecule has 4 heteroatoms. The molecule has 0 spiro atoms. The smallest absolute Gasteiger partial charge is 0.238 e. The molecule has 0 bridgehead atoms. The van der Waals surface area contributed by atoms with Crippen LogP contribution in [0.5, 0.6) is 5.75 Å². The monoisotopic (exact) mass is 396 g/mol. The summed E-state index contributed by atoms with van der Waals surface area (Å²) >= 11 is 0. The minimum absolute atomic E-state index is 0.0826. The number of methoxy groups -OCH3 is 1. The second-order valence-electron chi connectivity index (χ2n) is 7.07. The lowest BCUT2D eigenvalue weighted by Crippen LogP contribution is -2.32. The van der Waals surface area contributed by atoms with Crippen molar-refractivity contribution in [2.45, 2.75) is 6.04 Å². The summed E-state index contributed by atoms with van der Waals surface area (Å²) in [5.41, 5.74) is 2.99. The quantitative estimate of drug-likeness (QED) is 0.453. The van der Waals surface area contributed by atoms with Gasteiger partial charge in [0.1, 0.15) is 5.75 Å². The molecule has 0 saturated heterocycles. The first-order valence-corrected chi connectivity index (χ1v) is 9.94. The first-order valence-electron chi connectivity index (χ1n) is 9.94. The molecular weight excluding hydrogens is 372 g/mol. The maximum absolute atomic E-state index is 12.7. The van der Waals surface area contributed by atoms with Crippen LogP contribution >= 0.6 is 0 Å². The molecular formula is C26H24N2O2. The van der Waals surface area contributed by atoms with E-state index in [1.165, 1.54) is 0 Å². The van der Waals surface area contributed by atoms with Crippen molar-refractivity contribution in [3.8, 4) is 5.75 Å². The summed E-state index contributed by atoms with van der Waals surface area (Å²) in [6.07, 6.45) is 0. The van der Waals surface area contributed by atoms with Crippen LogP contribution in [0.25, 0.3) is 10.8 Å². The lowest BCUT2D eigenvalue weighted by atomic mass is 9.98. The fourth-order valence-corrected chi connectivity index (χ4v) is 3.59. The molecule has 0 heterocycles. The summed E-state index contributed by atoms with van der Waals surface area (Å²) in [5.74, 6) is 0.722. The average molecular weight is 396 g/mol.